The van der Waals surface area contributed by atoms with Crippen LogP contribution in [-0.2, 0) is 47.9 Å². The van der Waals surface area contributed by atoms with E-state index in [1.54, 1.807) is 0 Å². The number of methoxy groups -OCH3 is 1. The molecule has 1 aliphatic heterocycles. The van der Waals surface area contributed by atoms with Crippen molar-refractivity contribution in [3.05, 3.63) is 0 Å². The molecule has 166 valence electrons. The van der Waals surface area contributed by atoms with E-state index in [0.717, 1.165) is 7.11 Å². The molecule has 1 saturated heterocycles. The predicted octanol–water partition coefficient (Wildman–Crippen LogP) is -0.370. The predicted molar refractivity (Wildman–Crippen MR) is 96.3 cm³/mol. The van der Waals surface area contributed by atoms with Crippen LogP contribution >= 0.6 is 0 Å². The Hall–Kier alpha value is -3.24. The molecular weight excluding hydrogens is 414 g/mol. The van der Waals surface area contributed by atoms with Crippen molar-refractivity contribution in [2.24, 2.45) is 17.3 Å². The molecule has 0 bridgehead atoms. The maximum atomic E-state index is 12.6. The minimum atomic E-state index is -1.33. The van der Waals surface area contributed by atoms with Crippen molar-refractivity contribution in [3.63, 3.8) is 0 Å². The van der Waals surface area contributed by atoms with Crippen LogP contribution in [0.25, 0.3) is 0 Å². The van der Waals surface area contributed by atoms with Gasteiger partial charge >= 0.3 is 11.9 Å². The zero-order chi connectivity index (χ0) is 22.9. The summed E-state index contributed by atoms with van der Waals surface area (Å²) in [6, 6.07) is 0. The van der Waals surface area contributed by atoms with E-state index in [9.17, 15) is 38.4 Å². The number of nitrogens with zero attached hydrogens (tertiary/aromatic N) is 1. The van der Waals surface area contributed by atoms with E-state index < -0.39 is 70.6 Å². The van der Waals surface area contributed by atoms with Gasteiger partial charge in [0.15, 0.2) is 0 Å². The molecular formula is C20H21NO10. The maximum absolute atomic E-state index is 12.6. The van der Waals surface area contributed by atoms with E-state index in [-0.39, 0.29) is 44.9 Å². The third-order valence-electron chi connectivity index (χ3n) is 5.92. The molecule has 0 unspecified atom stereocenters. The molecule has 0 aromatic heterocycles. The summed E-state index contributed by atoms with van der Waals surface area (Å²) in [5, 5.41) is 0.335. The molecule has 2 saturated carbocycles. The first-order valence-electron chi connectivity index (χ1n) is 9.79. The third kappa shape index (κ3) is 4.59. The number of rotatable bonds is 5. The van der Waals surface area contributed by atoms with Gasteiger partial charge in [-0.1, -0.05) is 0 Å². The Balaban J connectivity index is 1.63. The summed E-state index contributed by atoms with van der Waals surface area (Å²) in [5.74, 6) is -7.88. The Bertz CT molecular complexity index is 850. The van der Waals surface area contributed by atoms with Gasteiger partial charge in [-0.15, -0.1) is 5.06 Å². The molecule has 2 amide bonds. The molecule has 11 nitrogen and oxygen atoms in total. The normalized spacial score (nSPS) is 29.0. The van der Waals surface area contributed by atoms with Crippen LogP contribution in [0.4, 0.5) is 0 Å². The Morgan fingerprint density at radius 1 is 0.774 bits per heavy atom. The highest BCUT2D eigenvalue weighted by Gasteiger charge is 2.52. The van der Waals surface area contributed by atoms with Gasteiger partial charge < -0.3 is 9.57 Å². The average molecular weight is 435 g/mol. The first kappa shape index (κ1) is 22.4. The zero-order valence-corrected chi connectivity index (χ0v) is 16.8. The largest absolute Gasteiger partial charge is 0.469 e. The lowest BCUT2D eigenvalue weighted by Crippen LogP contribution is -2.49. The number of hydrogen-bond donors (Lipinski definition) is 0. The van der Waals surface area contributed by atoms with Gasteiger partial charge in [0, 0.05) is 38.5 Å². The summed E-state index contributed by atoms with van der Waals surface area (Å²) in [4.78, 5) is 101. The number of carbonyl (C=O) groups excluding carboxylic acids is 8. The Morgan fingerprint density at radius 3 is 1.55 bits per heavy atom. The molecule has 0 atom stereocenters. The molecule has 1 spiro atoms. The second-order valence-corrected chi connectivity index (χ2v) is 8.21. The highest BCUT2D eigenvalue weighted by atomic mass is 16.7. The monoisotopic (exact) mass is 435 g/mol. The summed E-state index contributed by atoms with van der Waals surface area (Å²) >= 11 is 0. The average Bonchev–Trinajstić information content (AvgIpc) is 2.99. The van der Waals surface area contributed by atoms with Crippen LogP contribution < -0.4 is 0 Å². The van der Waals surface area contributed by atoms with Gasteiger partial charge in [0.25, 0.3) is 11.8 Å². The number of carbonyl (C=O) groups is 8. The fraction of sp³-hybridized carbons (Fsp3) is 0.600. The number of imide groups is 1. The highest BCUT2D eigenvalue weighted by molar-refractivity contribution is 6.12. The van der Waals surface area contributed by atoms with Crippen LogP contribution in [0.5, 0.6) is 0 Å². The van der Waals surface area contributed by atoms with Crippen molar-refractivity contribution in [2.75, 3.05) is 7.11 Å². The molecule has 3 rings (SSSR count). The zero-order valence-electron chi connectivity index (χ0n) is 16.8. The smallest absolute Gasteiger partial charge is 0.334 e. The standard InChI is InChI=1S/C20H21NO10/c1-30-18(28)4-10-12(22)6-20(7-13(10)23)8-14(24)11(15(25)9-20)5-19(29)31-21-16(26)2-3-17(21)27/h10-11H,2-9H2,1H3. The lowest BCUT2D eigenvalue weighted by molar-refractivity contribution is -0.198. The fourth-order valence-corrected chi connectivity index (χ4v) is 4.37. The second kappa shape index (κ2) is 8.48. The van der Waals surface area contributed by atoms with E-state index >= 15 is 0 Å². The summed E-state index contributed by atoms with van der Waals surface area (Å²) in [6.07, 6.45) is -2.10. The quantitative estimate of drug-likeness (QED) is 0.317. The number of hydroxylamine groups is 2. The van der Waals surface area contributed by atoms with Crippen LogP contribution in [0, 0.1) is 17.3 Å². The van der Waals surface area contributed by atoms with Crippen molar-refractivity contribution in [2.45, 2.75) is 51.4 Å². The van der Waals surface area contributed by atoms with Crippen molar-refractivity contribution in [1.29, 1.82) is 0 Å². The number of amides is 2. The molecule has 2 aliphatic carbocycles. The number of esters is 1. The number of hydrogen-bond acceptors (Lipinski definition) is 10. The van der Waals surface area contributed by atoms with Gasteiger partial charge in [0.05, 0.1) is 31.8 Å². The van der Waals surface area contributed by atoms with Gasteiger partial charge in [0.2, 0.25) is 0 Å². The molecule has 3 fully saturated rings. The Kier molecular flexibility index (Phi) is 6.14. The maximum Gasteiger partial charge on any atom is 0.334 e. The topological polar surface area (TPSA) is 158 Å². The fourth-order valence-electron chi connectivity index (χ4n) is 4.37. The molecule has 31 heavy (non-hydrogen) atoms. The van der Waals surface area contributed by atoms with Crippen LogP contribution in [0.3, 0.4) is 0 Å². The van der Waals surface area contributed by atoms with E-state index in [0.29, 0.717) is 5.06 Å². The summed E-state index contributed by atoms with van der Waals surface area (Å²) in [5.41, 5.74) is -1.16. The minimum Gasteiger partial charge on any atom is -0.469 e. The Labute approximate surface area is 176 Å². The first-order valence-corrected chi connectivity index (χ1v) is 9.79. The van der Waals surface area contributed by atoms with Crippen molar-refractivity contribution in [3.8, 4) is 0 Å². The van der Waals surface area contributed by atoms with Crippen LogP contribution in [0.1, 0.15) is 51.4 Å². The van der Waals surface area contributed by atoms with Gasteiger partial charge in [-0.3, -0.25) is 33.6 Å². The van der Waals surface area contributed by atoms with Gasteiger partial charge in [0.1, 0.15) is 23.1 Å². The second-order valence-electron chi connectivity index (χ2n) is 8.21. The highest BCUT2D eigenvalue weighted by Crippen LogP contribution is 2.46. The van der Waals surface area contributed by atoms with E-state index in [4.69, 9.17) is 4.84 Å². The van der Waals surface area contributed by atoms with Crippen LogP contribution in [0.15, 0.2) is 0 Å². The Morgan fingerprint density at radius 2 is 1.16 bits per heavy atom. The van der Waals surface area contributed by atoms with E-state index in [2.05, 4.69) is 4.74 Å². The number of ether oxygens (including phenoxy) is 1. The van der Waals surface area contributed by atoms with Gasteiger partial charge in [-0.05, 0) is 5.41 Å². The summed E-state index contributed by atoms with van der Waals surface area (Å²) in [7, 11) is 1.14. The van der Waals surface area contributed by atoms with Crippen molar-refractivity contribution >= 4 is 46.9 Å². The van der Waals surface area contributed by atoms with Crippen molar-refractivity contribution < 1.29 is 47.9 Å². The molecule has 3 aliphatic rings. The summed E-state index contributed by atoms with van der Waals surface area (Å²) < 4.78 is 4.49. The van der Waals surface area contributed by atoms with E-state index in [1.807, 2.05) is 0 Å². The molecule has 0 aromatic rings. The van der Waals surface area contributed by atoms with Crippen LogP contribution in [-0.4, -0.2) is 59.1 Å². The lowest BCUT2D eigenvalue weighted by atomic mass is 9.59. The molecule has 0 radical (unpaired) electrons. The lowest BCUT2D eigenvalue weighted by Gasteiger charge is -2.41. The number of Topliss-reactive ketones (excluding diaryl/α,β-unsaturated/α-hetero) is 4. The van der Waals surface area contributed by atoms with Gasteiger partial charge in [-0.2, -0.15) is 0 Å². The molecule has 0 N–H and O–H groups in total. The third-order valence-corrected chi connectivity index (χ3v) is 5.92. The van der Waals surface area contributed by atoms with Gasteiger partial charge in [-0.25, -0.2) is 4.79 Å². The first-order chi connectivity index (χ1) is 14.5. The molecule has 1 heterocycles. The molecule has 0 aromatic carbocycles. The van der Waals surface area contributed by atoms with E-state index in [1.165, 1.54) is 0 Å². The number of ketones is 4. The van der Waals surface area contributed by atoms with Crippen molar-refractivity contribution in [1.82, 2.24) is 5.06 Å². The SMILES string of the molecule is COC(=O)CC1C(=O)CC2(CC1=O)CC(=O)C(CC(=O)ON1C(=O)CCC1=O)C(=O)C2. The van der Waals surface area contributed by atoms with Crippen LogP contribution in [0.2, 0.25) is 0 Å². The summed E-state index contributed by atoms with van der Waals surface area (Å²) in [6.45, 7) is 0. The minimum absolute atomic E-state index is 0.0883. The molecule has 11 heteroatoms.